The number of para-hydroxylation sites is 1. The molecule has 1 heterocycles. The highest BCUT2D eigenvalue weighted by atomic mass is 35.5. The van der Waals surface area contributed by atoms with E-state index in [-0.39, 0.29) is 12.5 Å². The molecule has 2 aromatic carbocycles. The molecule has 1 aliphatic heterocycles. The molecule has 124 valence electrons. The highest BCUT2D eigenvalue weighted by Gasteiger charge is 2.21. The monoisotopic (exact) mass is 345 g/mol. The molecule has 0 N–H and O–H groups in total. The number of rotatable bonds is 5. The van der Waals surface area contributed by atoms with Gasteiger partial charge in [-0.1, -0.05) is 23.7 Å². The van der Waals surface area contributed by atoms with Gasteiger partial charge in [-0.2, -0.15) is 0 Å². The Morgan fingerprint density at radius 1 is 1.12 bits per heavy atom. The van der Waals surface area contributed by atoms with Crippen LogP contribution in [0.1, 0.15) is 12.8 Å². The molecule has 0 aromatic heterocycles. The van der Waals surface area contributed by atoms with Gasteiger partial charge in [-0.05, 0) is 42.8 Å². The number of hydrogen-bond donors (Lipinski definition) is 0. The molecule has 0 spiro atoms. The van der Waals surface area contributed by atoms with Crippen LogP contribution in [0.4, 0.5) is 5.69 Å². The molecular weight excluding hydrogens is 330 g/mol. The molecule has 1 aliphatic rings. The van der Waals surface area contributed by atoms with E-state index in [1.54, 1.807) is 53.4 Å². The Balaban J connectivity index is 1.55. The molecule has 0 unspecified atom stereocenters. The van der Waals surface area contributed by atoms with Crippen molar-refractivity contribution in [1.29, 1.82) is 0 Å². The first-order valence-corrected chi connectivity index (χ1v) is 8.00. The van der Waals surface area contributed by atoms with E-state index in [4.69, 9.17) is 21.1 Å². The Morgan fingerprint density at radius 2 is 1.88 bits per heavy atom. The molecule has 0 radical (unpaired) electrons. The zero-order valence-electron chi connectivity index (χ0n) is 12.9. The lowest BCUT2D eigenvalue weighted by Crippen LogP contribution is -2.23. The first-order valence-electron chi connectivity index (χ1n) is 7.62. The van der Waals surface area contributed by atoms with Gasteiger partial charge in [0.05, 0.1) is 5.02 Å². The van der Waals surface area contributed by atoms with Crippen molar-refractivity contribution >= 4 is 29.2 Å². The number of amides is 1. The molecular formula is C18H16ClNO4. The third kappa shape index (κ3) is 3.86. The zero-order valence-corrected chi connectivity index (χ0v) is 13.7. The summed E-state index contributed by atoms with van der Waals surface area (Å²) in [6.07, 6.45) is 1.45. The largest absolute Gasteiger partial charge is 0.480 e. The lowest BCUT2D eigenvalue weighted by Gasteiger charge is -2.15. The van der Waals surface area contributed by atoms with Gasteiger partial charge in [0, 0.05) is 18.7 Å². The van der Waals surface area contributed by atoms with E-state index >= 15 is 0 Å². The molecule has 24 heavy (non-hydrogen) atoms. The van der Waals surface area contributed by atoms with E-state index in [1.165, 1.54) is 0 Å². The van der Waals surface area contributed by atoms with Crippen LogP contribution in [-0.2, 0) is 9.59 Å². The van der Waals surface area contributed by atoms with Crippen LogP contribution in [-0.4, -0.2) is 25.0 Å². The van der Waals surface area contributed by atoms with Gasteiger partial charge in [0.25, 0.3) is 0 Å². The maximum atomic E-state index is 11.8. The molecule has 2 aromatic rings. The summed E-state index contributed by atoms with van der Waals surface area (Å²) >= 11 is 5.95. The number of carbonyl (C=O) groups is 2. The van der Waals surface area contributed by atoms with E-state index in [9.17, 15) is 9.59 Å². The third-order valence-electron chi connectivity index (χ3n) is 3.64. The SMILES string of the molecule is O=C(COc1ccccc1Cl)Oc1ccc(N2CCCC2=O)cc1. The normalized spacial score (nSPS) is 13.9. The van der Waals surface area contributed by atoms with Gasteiger partial charge in [-0.3, -0.25) is 4.79 Å². The molecule has 0 bridgehead atoms. The third-order valence-corrected chi connectivity index (χ3v) is 3.95. The van der Waals surface area contributed by atoms with Gasteiger partial charge in [0.1, 0.15) is 11.5 Å². The lowest BCUT2D eigenvalue weighted by atomic mass is 10.3. The molecule has 1 amide bonds. The minimum Gasteiger partial charge on any atom is -0.480 e. The summed E-state index contributed by atoms with van der Waals surface area (Å²) in [7, 11) is 0. The van der Waals surface area contributed by atoms with E-state index < -0.39 is 5.97 Å². The molecule has 0 atom stereocenters. The first-order chi connectivity index (χ1) is 11.6. The summed E-state index contributed by atoms with van der Waals surface area (Å²) in [5.41, 5.74) is 0.810. The Kier molecular flexibility index (Phi) is 5.01. The average Bonchev–Trinajstić information content (AvgIpc) is 3.01. The highest BCUT2D eigenvalue weighted by molar-refractivity contribution is 6.32. The summed E-state index contributed by atoms with van der Waals surface area (Å²) < 4.78 is 10.5. The molecule has 1 saturated heterocycles. The van der Waals surface area contributed by atoms with Crippen molar-refractivity contribution < 1.29 is 19.1 Å². The summed E-state index contributed by atoms with van der Waals surface area (Å²) in [6.45, 7) is 0.486. The number of benzene rings is 2. The van der Waals surface area contributed by atoms with Gasteiger partial charge < -0.3 is 14.4 Å². The topological polar surface area (TPSA) is 55.8 Å². The van der Waals surface area contributed by atoms with Crippen LogP contribution >= 0.6 is 11.6 Å². The van der Waals surface area contributed by atoms with E-state index in [2.05, 4.69) is 0 Å². The van der Waals surface area contributed by atoms with Crippen LogP contribution in [0.5, 0.6) is 11.5 Å². The highest BCUT2D eigenvalue weighted by Crippen LogP contribution is 2.25. The second-order valence-corrected chi connectivity index (χ2v) is 5.74. The Labute approximate surface area is 144 Å². The van der Waals surface area contributed by atoms with Crippen LogP contribution < -0.4 is 14.4 Å². The van der Waals surface area contributed by atoms with Crippen LogP contribution in [0.2, 0.25) is 5.02 Å². The molecule has 3 rings (SSSR count). The summed E-state index contributed by atoms with van der Waals surface area (Å²) in [5.74, 6) is 0.421. The van der Waals surface area contributed by atoms with E-state index in [0.29, 0.717) is 22.9 Å². The van der Waals surface area contributed by atoms with Gasteiger partial charge in [-0.25, -0.2) is 4.79 Å². The summed E-state index contributed by atoms with van der Waals surface area (Å²) in [6, 6.07) is 13.8. The number of carbonyl (C=O) groups excluding carboxylic acids is 2. The number of hydrogen-bond acceptors (Lipinski definition) is 4. The molecule has 0 aliphatic carbocycles. The first kappa shape index (κ1) is 16.3. The second kappa shape index (κ2) is 7.36. The van der Waals surface area contributed by atoms with Crippen molar-refractivity contribution in [3.8, 4) is 11.5 Å². The van der Waals surface area contributed by atoms with Crippen molar-refractivity contribution in [2.75, 3.05) is 18.1 Å². The minimum absolute atomic E-state index is 0.118. The molecule has 1 fully saturated rings. The van der Waals surface area contributed by atoms with Crippen LogP contribution in [0, 0.1) is 0 Å². The van der Waals surface area contributed by atoms with Crippen molar-refractivity contribution in [2.45, 2.75) is 12.8 Å². The molecule has 0 saturated carbocycles. The number of ether oxygens (including phenoxy) is 2. The van der Waals surface area contributed by atoms with Crippen LogP contribution in [0.3, 0.4) is 0 Å². The fourth-order valence-electron chi connectivity index (χ4n) is 2.47. The number of esters is 1. The smallest absolute Gasteiger partial charge is 0.349 e. The predicted molar refractivity (Wildman–Crippen MR) is 90.6 cm³/mol. The van der Waals surface area contributed by atoms with E-state index in [0.717, 1.165) is 18.7 Å². The van der Waals surface area contributed by atoms with Crippen molar-refractivity contribution in [2.24, 2.45) is 0 Å². The molecule has 6 heteroatoms. The summed E-state index contributed by atoms with van der Waals surface area (Å²) in [4.78, 5) is 25.3. The maximum Gasteiger partial charge on any atom is 0.349 e. The van der Waals surface area contributed by atoms with Crippen molar-refractivity contribution in [1.82, 2.24) is 0 Å². The average molecular weight is 346 g/mol. The lowest BCUT2D eigenvalue weighted by molar-refractivity contribution is -0.136. The van der Waals surface area contributed by atoms with Gasteiger partial charge >= 0.3 is 5.97 Å². The quantitative estimate of drug-likeness (QED) is 0.615. The maximum absolute atomic E-state index is 11.8. The fraction of sp³-hybridized carbons (Fsp3) is 0.222. The van der Waals surface area contributed by atoms with Crippen molar-refractivity contribution in [3.05, 3.63) is 53.6 Å². The fourth-order valence-corrected chi connectivity index (χ4v) is 2.66. The Morgan fingerprint density at radius 3 is 2.54 bits per heavy atom. The second-order valence-electron chi connectivity index (χ2n) is 5.34. The standard InChI is InChI=1S/C18H16ClNO4/c19-15-4-1-2-5-16(15)23-12-18(22)24-14-9-7-13(8-10-14)20-11-3-6-17(20)21/h1-2,4-5,7-10H,3,6,11-12H2. The Bertz CT molecular complexity index is 745. The van der Waals surface area contributed by atoms with Crippen molar-refractivity contribution in [3.63, 3.8) is 0 Å². The molecule has 5 nitrogen and oxygen atoms in total. The van der Waals surface area contributed by atoms with Gasteiger partial charge in [0.15, 0.2) is 6.61 Å². The van der Waals surface area contributed by atoms with E-state index in [1.807, 2.05) is 0 Å². The van der Waals surface area contributed by atoms with Crippen LogP contribution in [0.15, 0.2) is 48.5 Å². The zero-order chi connectivity index (χ0) is 16.9. The predicted octanol–water partition coefficient (Wildman–Crippen LogP) is 3.45. The Hall–Kier alpha value is -2.53. The number of halogens is 1. The summed E-state index contributed by atoms with van der Waals surface area (Å²) in [5, 5.41) is 0.435. The van der Waals surface area contributed by atoms with Crippen LogP contribution in [0.25, 0.3) is 0 Å². The van der Waals surface area contributed by atoms with Gasteiger partial charge in [0.2, 0.25) is 5.91 Å². The van der Waals surface area contributed by atoms with Gasteiger partial charge in [-0.15, -0.1) is 0 Å². The minimum atomic E-state index is -0.528. The number of nitrogens with zero attached hydrogens (tertiary/aromatic N) is 1. The number of anilines is 1.